The van der Waals surface area contributed by atoms with Crippen LogP contribution < -0.4 is 5.32 Å². The Morgan fingerprint density at radius 1 is 0.865 bits per heavy atom. The zero-order chi connectivity index (χ0) is 26.1. The van der Waals surface area contributed by atoms with Crippen LogP contribution in [0.5, 0.6) is 0 Å². The number of ketones is 2. The van der Waals surface area contributed by atoms with E-state index in [0.29, 0.717) is 10.8 Å². The van der Waals surface area contributed by atoms with E-state index < -0.39 is 23.9 Å². The number of nitrogens with one attached hydrogen (secondary N) is 1. The second kappa shape index (κ2) is 9.81. The highest BCUT2D eigenvalue weighted by Gasteiger charge is 2.35. The van der Waals surface area contributed by atoms with Gasteiger partial charge in [-0.3, -0.25) is 28.8 Å². The SMILES string of the molecule is O=C(CCC1C(=O)C=CC1=O)Nc1ccc2c(c1)C(COC(=O)ON1C(=O)CCC1=O)c1ccccc1-2. The van der Waals surface area contributed by atoms with Crippen LogP contribution in [0, 0.1) is 5.92 Å². The van der Waals surface area contributed by atoms with Gasteiger partial charge in [-0.25, -0.2) is 4.79 Å². The number of hydrogen-bond acceptors (Lipinski definition) is 8. The smallest absolute Gasteiger partial charge is 0.432 e. The van der Waals surface area contributed by atoms with E-state index in [0.717, 1.165) is 22.3 Å². The van der Waals surface area contributed by atoms with Crippen LogP contribution in [0.4, 0.5) is 10.5 Å². The van der Waals surface area contributed by atoms with Crippen LogP contribution in [-0.2, 0) is 33.5 Å². The van der Waals surface area contributed by atoms with Gasteiger partial charge in [0.1, 0.15) is 6.61 Å². The molecule has 1 aliphatic heterocycles. The summed E-state index contributed by atoms with van der Waals surface area (Å²) < 4.78 is 5.27. The molecule has 1 unspecified atom stereocenters. The van der Waals surface area contributed by atoms with Crippen LogP contribution in [0.15, 0.2) is 54.6 Å². The summed E-state index contributed by atoms with van der Waals surface area (Å²) >= 11 is 0. The molecule has 0 saturated carbocycles. The lowest BCUT2D eigenvalue weighted by Gasteiger charge is -2.17. The molecule has 1 fully saturated rings. The predicted octanol–water partition coefficient (Wildman–Crippen LogP) is 3.06. The molecular weight excluding hydrogens is 480 g/mol. The molecule has 5 rings (SSSR count). The van der Waals surface area contributed by atoms with Crippen molar-refractivity contribution in [3.63, 3.8) is 0 Å². The van der Waals surface area contributed by atoms with Crippen LogP contribution in [0.1, 0.15) is 42.7 Å². The van der Waals surface area contributed by atoms with Crippen molar-refractivity contribution in [2.24, 2.45) is 5.92 Å². The van der Waals surface area contributed by atoms with Gasteiger partial charge >= 0.3 is 6.16 Å². The van der Waals surface area contributed by atoms with Gasteiger partial charge in [-0.15, -0.1) is 0 Å². The van der Waals surface area contributed by atoms with Gasteiger partial charge in [0.05, 0.1) is 5.92 Å². The maximum atomic E-state index is 12.5. The topological polar surface area (TPSA) is 136 Å². The number of fused-ring (bicyclic) bond motifs is 3. The molecule has 1 heterocycles. The number of anilines is 1. The Balaban J connectivity index is 1.27. The molecule has 3 amide bonds. The van der Waals surface area contributed by atoms with Gasteiger partial charge in [-0.05, 0) is 53.0 Å². The first-order chi connectivity index (χ1) is 17.8. The number of ether oxygens (including phenoxy) is 1. The van der Waals surface area contributed by atoms with Gasteiger partial charge in [0.25, 0.3) is 11.8 Å². The highest BCUT2D eigenvalue weighted by Crippen LogP contribution is 2.45. The maximum absolute atomic E-state index is 12.5. The number of carbonyl (C=O) groups excluding carboxylic acids is 6. The zero-order valence-electron chi connectivity index (χ0n) is 19.6. The van der Waals surface area contributed by atoms with E-state index in [1.54, 1.807) is 12.1 Å². The first kappa shape index (κ1) is 24.1. The lowest BCUT2D eigenvalue weighted by atomic mass is 9.97. The lowest BCUT2D eigenvalue weighted by molar-refractivity contribution is -0.177. The number of hydroxylamine groups is 2. The second-order valence-electron chi connectivity index (χ2n) is 8.95. The van der Waals surface area contributed by atoms with Crippen molar-refractivity contribution in [1.29, 1.82) is 0 Å². The third-order valence-electron chi connectivity index (χ3n) is 6.64. The van der Waals surface area contributed by atoms with Gasteiger partial charge in [0, 0.05) is 30.9 Å². The highest BCUT2D eigenvalue weighted by atomic mass is 16.8. The molecule has 10 nitrogen and oxygen atoms in total. The summed E-state index contributed by atoms with van der Waals surface area (Å²) in [7, 11) is 0. The Morgan fingerprint density at radius 3 is 2.27 bits per heavy atom. The van der Waals surface area contributed by atoms with E-state index in [2.05, 4.69) is 5.32 Å². The number of imide groups is 1. The van der Waals surface area contributed by atoms with Crippen molar-refractivity contribution >= 4 is 41.1 Å². The molecule has 2 aliphatic carbocycles. The van der Waals surface area contributed by atoms with E-state index in [1.165, 1.54) is 12.2 Å². The van der Waals surface area contributed by atoms with Crippen LogP contribution in [-0.4, -0.2) is 47.1 Å². The molecule has 0 bridgehead atoms. The summed E-state index contributed by atoms with van der Waals surface area (Å²) in [5, 5.41) is 3.23. The average molecular weight is 502 g/mol. The summed E-state index contributed by atoms with van der Waals surface area (Å²) in [5.74, 6) is -3.28. The molecule has 2 aromatic carbocycles. The quantitative estimate of drug-likeness (QED) is 0.347. The van der Waals surface area contributed by atoms with Gasteiger partial charge < -0.3 is 10.1 Å². The van der Waals surface area contributed by atoms with Crippen molar-refractivity contribution in [1.82, 2.24) is 5.06 Å². The Hall–Kier alpha value is -4.60. The third-order valence-corrected chi connectivity index (χ3v) is 6.64. The molecule has 0 aromatic heterocycles. The fourth-order valence-electron chi connectivity index (χ4n) is 4.80. The molecule has 3 aliphatic rings. The normalized spacial score (nSPS) is 18.3. The molecule has 2 aromatic rings. The van der Waals surface area contributed by atoms with Gasteiger partial charge in [-0.2, -0.15) is 0 Å². The number of nitrogens with zero attached hydrogens (tertiary/aromatic N) is 1. The minimum Gasteiger partial charge on any atom is -0.432 e. The van der Waals surface area contributed by atoms with Crippen LogP contribution in [0.25, 0.3) is 11.1 Å². The standard InChI is InChI=1S/C27H22N2O8/c30-22-8-9-23(31)19(22)7-10-24(32)28-15-5-6-18-16-3-1-2-4-17(16)21(20(18)13-15)14-36-27(35)37-29-25(33)11-12-26(29)34/h1-6,8-9,13,19,21H,7,10-12,14H2,(H,28,32). The molecule has 0 spiro atoms. The molecule has 1 N–H and O–H groups in total. The zero-order valence-corrected chi connectivity index (χ0v) is 19.6. The van der Waals surface area contributed by atoms with Crippen LogP contribution in [0.3, 0.4) is 0 Å². The van der Waals surface area contributed by atoms with Gasteiger partial charge in [0.2, 0.25) is 5.91 Å². The largest absolute Gasteiger partial charge is 0.533 e. The number of benzene rings is 2. The average Bonchev–Trinajstić information content (AvgIpc) is 3.49. The van der Waals surface area contributed by atoms with E-state index in [-0.39, 0.29) is 55.7 Å². The number of hydrogen-bond donors (Lipinski definition) is 1. The Labute approximate surface area is 211 Å². The Morgan fingerprint density at radius 2 is 1.54 bits per heavy atom. The molecule has 37 heavy (non-hydrogen) atoms. The highest BCUT2D eigenvalue weighted by molar-refractivity contribution is 6.18. The van der Waals surface area contributed by atoms with E-state index >= 15 is 0 Å². The van der Waals surface area contributed by atoms with E-state index in [4.69, 9.17) is 9.57 Å². The maximum Gasteiger partial charge on any atom is 0.533 e. The number of carbonyl (C=O) groups is 6. The monoisotopic (exact) mass is 502 g/mol. The molecular formula is C27H22N2O8. The summed E-state index contributed by atoms with van der Waals surface area (Å²) in [6.07, 6.45) is 1.41. The summed E-state index contributed by atoms with van der Waals surface area (Å²) in [6.45, 7) is -0.116. The molecule has 1 saturated heterocycles. The summed E-state index contributed by atoms with van der Waals surface area (Å²) in [6, 6.07) is 13.0. The Bertz CT molecular complexity index is 1340. The van der Waals surface area contributed by atoms with Crippen molar-refractivity contribution in [3.05, 3.63) is 65.7 Å². The van der Waals surface area contributed by atoms with E-state index in [9.17, 15) is 28.8 Å². The first-order valence-corrected chi connectivity index (χ1v) is 11.8. The number of rotatable bonds is 7. The Kier molecular flexibility index (Phi) is 6.39. The number of allylic oxidation sites excluding steroid dienone is 2. The third kappa shape index (κ3) is 4.77. The minimum absolute atomic E-state index is 0.00740. The molecule has 10 heteroatoms. The number of amides is 3. The molecule has 188 valence electrons. The van der Waals surface area contributed by atoms with Crippen LogP contribution in [0.2, 0.25) is 0 Å². The van der Waals surface area contributed by atoms with Crippen molar-refractivity contribution in [3.8, 4) is 11.1 Å². The van der Waals surface area contributed by atoms with Crippen LogP contribution >= 0.6 is 0 Å². The predicted molar refractivity (Wildman–Crippen MR) is 128 cm³/mol. The summed E-state index contributed by atoms with van der Waals surface area (Å²) in [4.78, 5) is 76.4. The van der Waals surface area contributed by atoms with Gasteiger partial charge in [-0.1, -0.05) is 35.4 Å². The molecule has 1 atom stereocenters. The van der Waals surface area contributed by atoms with Crippen molar-refractivity contribution < 1.29 is 38.3 Å². The van der Waals surface area contributed by atoms with Crippen molar-refractivity contribution in [2.75, 3.05) is 11.9 Å². The lowest BCUT2D eigenvalue weighted by Crippen LogP contribution is -2.32. The summed E-state index contributed by atoms with van der Waals surface area (Å²) in [5.41, 5.74) is 4.10. The fraction of sp³-hybridized carbons (Fsp3) is 0.259. The minimum atomic E-state index is -1.16. The van der Waals surface area contributed by atoms with E-state index in [1.807, 2.05) is 30.3 Å². The second-order valence-corrected chi connectivity index (χ2v) is 8.95. The fourth-order valence-corrected chi connectivity index (χ4v) is 4.80. The molecule has 0 radical (unpaired) electrons. The van der Waals surface area contributed by atoms with Crippen molar-refractivity contribution in [2.45, 2.75) is 31.6 Å². The first-order valence-electron chi connectivity index (χ1n) is 11.8. The van der Waals surface area contributed by atoms with Gasteiger partial charge in [0.15, 0.2) is 11.6 Å².